The van der Waals surface area contributed by atoms with E-state index in [1.54, 1.807) is 0 Å². The lowest BCUT2D eigenvalue weighted by Gasteiger charge is -2.44. The second-order valence-corrected chi connectivity index (χ2v) is 5.17. The van der Waals surface area contributed by atoms with E-state index in [1.807, 2.05) is 0 Å². The van der Waals surface area contributed by atoms with Gasteiger partial charge in [0.15, 0.2) is 0 Å². The molecule has 88 valence electrons. The average molecular weight is 212 g/mol. The van der Waals surface area contributed by atoms with Crippen molar-refractivity contribution in [2.75, 3.05) is 26.7 Å². The van der Waals surface area contributed by atoms with Gasteiger partial charge in [0.1, 0.15) is 0 Å². The fraction of sp³-hybridized carbons (Fsp3) is 1.00. The van der Waals surface area contributed by atoms with E-state index in [9.17, 15) is 0 Å². The molecule has 2 rings (SSSR count). The highest BCUT2D eigenvalue weighted by Crippen LogP contribution is 2.33. The second-order valence-electron chi connectivity index (χ2n) is 5.17. The van der Waals surface area contributed by atoms with Crippen LogP contribution in [-0.2, 0) is 4.74 Å². The minimum atomic E-state index is 0.290. The molecule has 3 heteroatoms. The molecule has 0 radical (unpaired) electrons. The molecular weight excluding hydrogens is 188 g/mol. The fourth-order valence-corrected chi connectivity index (χ4v) is 2.92. The van der Waals surface area contributed by atoms with E-state index in [-0.39, 0.29) is 0 Å². The Labute approximate surface area is 93.2 Å². The molecule has 0 saturated carbocycles. The first kappa shape index (κ1) is 11.4. The quantitative estimate of drug-likeness (QED) is 0.745. The number of likely N-dealkylation sites (tertiary alicyclic amines) is 1. The van der Waals surface area contributed by atoms with E-state index >= 15 is 0 Å². The molecule has 2 heterocycles. The van der Waals surface area contributed by atoms with E-state index in [0.717, 1.165) is 12.6 Å². The predicted octanol–water partition coefficient (Wildman–Crippen LogP) is 1.24. The van der Waals surface area contributed by atoms with Crippen LogP contribution >= 0.6 is 0 Å². The maximum absolute atomic E-state index is 5.72. The van der Waals surface area contributed by atoms with Crippen LogP contribution in [0.5, 0.6) is 0 Å². The van der Waals surface area contributed by atoms with Crippen molar-refractivity contribution in [1.29, 1.82) is 0 Å². The third-order valence-electron chi connectivity index (χ3n) is 4.48. The Hall–Kier alpha value is -0.120. The summed E-state index contributed by atoms with van der Waals surface area (Å²) in [4.78, 5) is 2.64. The van der Waals surface area contributed by atoms with Crippen LogP contribution in [0.25, 0.3) is 0 Å². The topological polar surface area (TPSA) is 24.5 Å². The Balaban J connectivity index is 1.94. The summed E-state index contributed by atoms with van der Waals surface area (Å²) in [7, 11) is 2.07. The molecule has 0 aromatic heterocycles. The normalized spacial score (nSPS) is 39.8. The highest BCUT2D eigenvalue weighted by Gasteiger charge is 2.42. The summed E-state index contributed by atoms with van der Waals surface area (Å²) in [5.74, 6) is 0. The molecule has 3 nitrogen and oxygen atoms in total. The number of ether oxygens (including phenoxy) is 1. The zero-order valence-electron chi connectivity index (χ0n) is 10.3. The van der Waals surface area contributed by atoms with Gasteiger partial charge in [0.2, 0.25) is 0 Å². The highest BCUT2D eigenvalue weighted by molar-refractivity contribution is 4.97. The summed E-state index contributed by atoms with van der Waals surface area (Å²) in [6, 6.07) is 0.725. The van der Waals surface area contributed by atoms with Crippen molar-refractivity contribution < 1.29 is 4.74 Å². The third kappa shape index (κ3) is 2.05. The van der Waals surface area contributed by atoms with Gasteiger partial charge in [0.25, 0.3) is 0 Å². The van der Waals surface area contributed by atoms with Gasteiger partial charge in [-0.2, -0.15) is 0 Å². The van der Waals surface area contributed by atoms with Crippen LogP contribution in [0.3, 0.4) is 0 Å². The van der Waals surface area contributed by atoms with Gasteiger partial charge in [-0.15, -0.1) is 0 Å². The predicted molar refractivity (Wildman–Crippen MR) is 62.1 cm³/mol. The SMILES string of the molecule is CNC1CCN(C2(C)CCOC2C)CC1. The minimum Gasteiger partial charge on any atom is -0.377 e. The van der Waals surface area contributed by atoms with Crippen LogP contribution in [-0.4, -0.2) is 49.3 Å². The average Bonchev–Trinajstić information content (AvgIpc) is 2.61. The van der Waals surface area contributed by atoms with Crippen molar-refractivity contribution in [3.8, 4) is 0 Å². The molecule has 0 aliphatic carbocycles. The van der Waals surface area contributed by atoms with Gasteiger partial charge in [0, 0.05) is 31.3 Å². The molecule has 2 aliphatic heterocycles. The number of nitrogens with zero attached hydrogens (tertiary/aromatic N) is 1. The van der Waals surface area contributed by atoms with Crippen molar-refractivity contribution in [1.82, 2.24) is 10.2 Å². The molecule has 0 spiro atoms. The Morgan fingerprint density at radius 3 is 2.47 bits per heavy atom. The van der Waals surface area contributed by atoms with E-state index in [2.05, 4.69) is 31.1 Å². The Morgan fingerprint density at radius 2 is 2.00 bits per heavy atom. The van der Waals surface area contributed by atoms with Crippen LogP contribution in [0.15, 0.2) is 0 Å². The molecule has 2 unspecified atom stereocenters. The molecule has 2 fully saturated rings. The van der Waals surface area contributed by atoms with Crippen molar-refractivity contribution in [3.63, 3.8) is 0 Å². The molecular formula is C12H24N2O. The van der Waals surface area contributed by atoms with Gasteiger partial charge < -0.3 is 10.1 Å². The first-order valence-electron chi connectivity index (χ1n) is 6.21. The van der Waals surface area contributed by atoms with E-state index in [4.69, 9.17) is 4.74 Å². The van der Waals surface area contributed by atoms with Gasteiger partial charge in [-0.3, -0.25) is 4.90 Å². The Kier molecular flexibility index (Phi) is 3.33. The van der Waals surface area contributed by atoms with Gasteiger partial charge in [0.05, 0.1) is 6.10 Å². The number of piperidine rings is 1. The van der Waals surface area contributed by atoms with Crippen LogP contribution in [0.1, 0.15) is 33.1 Å². The number of rotatable bonds is 2. The lowest BCUT2D eigenvalue weighted by molar-refractivity contribution is 0.00620. The lowest BCUT2D eigenvalue weighted by atomic mass is 9.89. The van der Waals surface area contributed by atoms with E-state index in [0.29, 0.717) is 11.6 Å². The third-order valence-corrected chi connectivity index (χ3v) is 4.48. The van der Waals surface area contributed by atoms with Gasteiger partial charge >= 0.3 is 0 Å². The summed E-state index contributed by atoms with van der Waals surface area (Å²) in [5, 5.41) is 3.38. The smallest absolute Gasteiger partial charge is 0.0728 e. The second kappa shape index (κ2) is 4.40. The number of hydrogen-bond acceptors (Lipinski definition) is 3. The largest absolute Gasteiger partial charge is 0.377 e. The fourth-order valence-electron chi connectivity index (χ4n) is 2.92. The van der Waals surface area contributed by atoms with E-state index < -0.39 is 0 Å². The lowest BCUT2D eigenvalue weighted by Crippen LogP contribution is -2.55. The first-order valence-corrected chi connectivity index (χ1v) is 6.21. The first-order chi connectivity index (χ1) is 7.16. The monoisotopic (exact) mass is 212 g/mol. The maximum Gasteiger partial charge on any atom is 0.0728 e. The molecule has 0 aromatic carbocycles. The summed E-state index contributed by atoms with van der Waals surface area (Å²) >= 11 is 0. The molecule has 0 amide bonds. The molecule has 2 saturated heterocycles. The van der Waals surface area contributed by atoms with E-state index in [1.165, 1.54) is 32.4 Å². The molecule has 2 atom stereocenters. The van der Waals surface area contributed by atoms with Crippen molar-refractivity contribution in [2.45, 2.75) is 50.8 Å². The van der Waals surface area contributed by atoms with Crippen LogP contribution < -0.4 is 5.32 Å². The van der Waals surface area contributed by atoms with Crippen LogP contribution in [0.2, 0.25) is 0 Å². The van der Waals surface area contributed by atoms with Crippen LogP contribution in [0, 0.1) is 0 Å². The van der Waals surface area contributed by atoms with Crippen molar-refractivity contribution in [3.05, 3.63) is 0 Å². The molecule has 0 aromatic rings. The number of nitrogens with one attached hydrogen (secondary N) is 1. The Bertz CT molecular complexity index is 214. The summed E-state index contributed by atoms with van der Waals surface area (Å²) in [5.41, 5.74) is 0.290. The molecule has 1 N–H and O–H groups in total. The summed E-state index contributed by atoms with van der Waals surface area (Å²) in [6.45, 7) is 7.95. The molecule has 15 heavy (non-hydrogen) atoms. The Morgan fingerprint density at radius 1 is 1.33 bits per heavy atom. The van der Waals surface area contributed by atoms with Crippen molar-refractivity contribution >= 4 is 0 Å². The maximum atomic E-state index is 5.72. The highest BCUT2D eigenvalue weighted by atomic mass is 16.5. The van der Waals surface area contributed by atoms with Crippen LogP contribution in [0.4, 0.5) is 0 Å². The summed E-state index contributed by atoms with van der Waals surface area (Å²) in [6.07, 6.45) is 4.14. The molecule has 0 bridgehead atoms. The zero-order chi connectivity index (χ0) is 10.9. The summed E-state index contributed by atoms with van der Waals surface area (Å²) < 4.78 is 5.72. The van der Waals surface area contributed by atoms with Gasteiger partial charge in [-0.25, -0.2) is 0 Å². The minimum absolute atomic E-state index is 0.290. The zero-order valence-corrected chi connectivity index (χ0v) is 10.3. The van der Waals surface area contributed by atoms with Crippen molar-refractivity contribution in [2.24, 2.45) is 0 Å². The number of hydrogen-bond donors (Lipinski definition) is 1. The van der Waals surface area contributed by atoms with Gasteiger partial charge in [-0.1, -0.05) is 0 Å². The standard InChI is InChI=1S/C12H24N2O/c1-10-12(2,6-9-15-10)14-7-4-11(13-3)5-8-14/h10-11,13H,4-9H2,1-3H3. The molecule has 2 aliphatic rings. The van der Waals surface area contributed by atoms with Gasteiger partial charge in [-0.05, 0) is 40.2 Å².